The van der Waals surface area contributed by atoms with Crippen molar-refractivity contribution in [3.63, 3.8) is 0 Å². The fourth-order valence-corrected chi connectivity index (χ4v) is 2.89. The van der Waals surface area contributed by atoms with Crippen LogP contribution in [-0.4, -0.2) is 4.98 Å². The van der Waals surface area contributed by atoms with Crippen LogP contribution in [0, 0.1) is 5.82 Å². The van der Waals surface area contributed by atoms with Crippen molar-refractivity contribution in [2.45, 2.75) is 0 Å². The Kier molecular flexibility index (Phi) is 3.01. The van der Waals surface area contributed by atoms with E-state index in [2.05, 4.69) is 29.2 Å². The van der Waals surface area contributed by atoms with Crippen molar-refractivity contribution in [1.29, 1.82) is 0 Å². The molecular weight excluding hydrogens is 273 g/mol. The molecule has 0 unspecified atom stereocenters. The standard InChI is InChI=1S/C20H14FN/c21-16-11-12-18-17(13-16)19(14-7-3-1-4-8-14)20(22-18)15-9-5-2-6-10-15/h1-13,22H. The molecule has 0 saturated heterocycles. The number of rotatable bonds is 2. The highest BCUT2D eigenvalue weighted by atomic mass is 19.1. The summed E-state index contributed by atoms with van der Waals surface area (Å²) in [5, 5.41) is 0.907. The predicted octanol–water partition coefficient (Wildman–Crippen LogP) is 5.64. The fraction of sp³-hybridized carbons (Fsp3) is 0. The minimum absolute atomic E-state index is 0.219. The van der Waals surface area contributed by atoms with Crippen LogP contribution >= 0.6 is 0 Å². The summed E-state index contributed by atoms with van der Waals surface area (Å²) in [7, 11) is 0. The third kappa shape index (κ3) is 2.09. The quantitative estimate of drug-likeness (QED) is 0.491. The Balaban J connectivity index is 2.08. The molecule has 1 nitrogen and oxygen atoms in total. The molecular formula is C20H14FN. The highest BCUT2D eigenvalue weighted by Gasteiger charge is 2.15. The van der Waals surface area contributed by atoms with Crippen molar-refractivity contribution < 1.29 is 4.39 Å². The summed E-state index contributed by atoms with van der Waals surface area (Å²) in [6.07, 6.45) is 0. The van der Waals surface area contributed by atoms with Gasteiger partial charge in [0.05, 0.1) is 5.69 Å². The molecule has 106 valence electrons. The normalized spacial score (nSPS) is 11.0. The van der Waals surface area contributed by atoms with Gasteiger partial charge in [0.15, 0.2) is 0 Å². The molecule has 0 amide bonds. The molecule has 4 aromatic rings. The first kappa shape index (κ1) is 12.8. The van der Waals surface area contributed by atoms with Gasteiger partial charge in [-0.05, 0) is 29.3 Å². The molecule has 0 spiro atoms. The highest BCUT2D eigenvalue weighted by Crippen LogP contribution is 2.38. The van der Waals surface area contributed by atoms with E-state index < -0.39 is 0 Å². The molecule has 2 heteroatoms. The number of fused-ring (bicyclic) bond motifs is 1. The molecule has 3 aromatic carbocycles. The first-order valence-corrected chi connectivity index (χ1v) is 7.25. The second kappa shape index (κ2) is 5.15. The lowest BCUT2D eigenvalue weighted by Crippen LogP contribution is -1.82. The number of hydrogen-bond acceptors (Lipinski definition) is 0. The number of H-pyrrole nitrogens is 1. The third-order valence-corrected chi connectivity index (χ3v) is 3.89. The van der Waals surface area contributed by atoms with Crippen molar-refractivity contribution in [2.24, 2.45) is 0 Å². The summed E-state index contributed by atoms with van der Waals surface area (Å²) in [5.74, 6) is -0.219. The van der Waals surface area contributed by atoms with Crippen molar-refractivity contribution in [3.05, 3.63) is 84.7 Å². The van der Waals surface area contributed by atoms with Crippen LogP contribution < -0.4 is 0 Å². The topological polar surface area (TPSA) is 15.8 Å². The molecule has 0 saturated carbocycles. The molecule has 4 rings (SSSR count). The number of hydrogen-bond donors (Lipinski definition) is 1. The number of halogens is 1. The van der Waals surface area contributed by atoms with E-state index in [0.717, 1.165) is 33.3 Å². The van der Waals surface area contributed by atoms with Gasteiger partial charge in [-0.25, -0.2) is 4.39 Å². The second-order valence-electron chi connectivity index (χ2n) is 5.30. The van der Waals surface area contributed by atoms with Crippen LogP contribution in [0.4, 0.5) is 4.39 Å². The van der Waals surface area contributed by atoms with Gasteiger partial charge in [-0.1, -0.05) is 60.7 Å². The van der Waals surface area contributed by atoms with Gasteiger partial charge < -0.3 is 4.98 Å². The highest BCUT2D eigenvalue weighted by molar-refractivity contribution is 6.03. The molecule has 1 heterocycles. The van der Waals surface area contributed by atoms with E-state index >= 15 is 0 Å². The van der Waals surface area contributed by atoms with Crippen LogP contribution in [0.15, 0.2) is 78.9 Å². The lowest BCUT2D eigenvalue weighted by Gasteiger charge is -2.05. The number of aromatic amines is 1. The Morgan fingerprint density at radius 2 is 1.32 bits per heavy atom. The summed E-state index contributed by atoms with van der Waals surface area (Å²) < 4.78 is 13.7. The number of aromatic nitrogens is 1. The van der Waals surface area contributed by atoms with E-state index in [-0.39, 0.29) is 5.82 Å². The maximum absolute atomic E-state index is 13.7. The van der Waals surface area contributed by atoms with Gasteiger partial charge in [-0.15, -0.1) is 0 Å². The maximum Gasteiger partial charge on any atom is 0.123 e. The van der Waals surface area contributed by atoms with E-state index in [1.165, 1.54) is 6.07 Å². The average Bonchev–Trinajstić information content (AvgIpc) is 2.95. The monoisotopic (exact) mass is 287 g/mol. The van der Waals surface area contributed by atoms with Crippen molar-refractivity contribution >= 4 is 10.9 Å². The Morgan fingerprint density at radius 3 is 2.00 bits per heavy atom. The van der Waals surface area contributed by atoms with Crippen LogP contribution in [0.25, 0.3) is 33.3 Å². The fourth-order valence-electron chi connectivity index (χ4n) is 2.89. The van der Waals surface area contributed by atoms with Crippen molar-refractivity contribution in [3.8, 4) is 22.4 Å². The molecule has 1 aromatic heterocycles. The Bertz CT molecular complexity index is 924. The summed E-state index contributed by atoms with van der Waals surface area (Å²) in [5.41, 5.74) is 5.18. The molecule has 22 heavy (non-hydrogen) atoms. The minimum atomic E-state index is -0.219. The zero-order valence-corrected chi connectivity index (χ0v) is 11.9. The predicted molar refractivity (Wildman–Crippen MR) is 89.1 cm³/mol. The first-order chi connectivity index (χ1) is 10.8. The lowest BCUT2D eigenvalue weighted by atomic mass is 9.98. The smallest absolute Gasteiger partial charge is 0.123 e. The molecule has 0 aliphatic heterocycles. The van der Waals surface area contributed by atoms with Crippen LogP contribution in [0.2, 0.25) is 0 Å². The van der Waals surface area contributed by atoms with Crippen LogP contribution in [0.1, 0.15) is 0 Å². The van der Waals surface area contributed by atoms with Crippen molar-refractivity contribution in [1.82, 2.24) is 4.98 Å². The van der Waals surface area contributed by atoms with E-state index in [1.54, 1.807) is 12.1 Å². The zero-order valence-electron chi connectivity index (χ0n) is 11.9. The molecule has 0 radical (unpaired) electrons. The van der Waals surface area contributed by atoms with E-state index in [0.29, 0.717) is 0 Å². The van der Waals surface area contributed by atoms with Gasteiger partial charge in [-0.3, -0.25) is 0 Å². The molecule has 0 atom stereocenters. The zero-order chi connectivity index (χ0) is 14.9. The Labute approximate surface area is 128 Å². The largest absolute Gasteiger partial charge is 0.354 e. The molecule has 0 aliphatic rings. The first-order valence-electron chi connectivity index (χ1n) is 7.25. The Hall–Kier alpha value is -2.87. The van der Waals surface area contributed by atoms with Crippen LogP contribution in [0.5, 0.6) is 0 Å². The third-order valence-electron chi connectivity index (χ3n) is 3.89. The number of nitrogens with one attached hydrogen (secondary N) is 1. The van der Waals surface area contributed by atoms with Gasteiger partial charge in [0.2, 0.25) is 0 Å². The molecule has 0 bridgehead atoms. The number of benzene rings is 3. The second-order valence-corrected chi connectivity index (χ2v) is 5.30. The molecule has 1 N–H and O–H groups in total. The minimum Gasteiger partial charge on any atom is -0.354 e. The van der Waals surface area contributed by atoms with Gasteiger partial charge in [0, 0.05) is 16.5 Å². The maximum atomic E-state index is 13.7. The van der Waals surface area contributed by atoms with Crippen LogP contribution in [-0.2, 0) is 0 Å². The summed E-state index contributed by atoms with van der Waals surface area (Å²) in [6.45, 7) is 0. The van der Waals surface area contributed by atoms with Gasteiger partial charge in [0.1, 0.15) is 5.82 Å². The van der Waals surface area contributed by atoms with Gasteiger partial charge in [0.25, 0.3) is 0 Å². The summed E-state index contributed by atoms with van der Waals surface area (Å²) >= 11 is 0. The summed E-state index contributed by atoms with van der Waals surface area (Å²) in [6, 6.07) is 25.1. The molecule has 0 fully saturated rings. The lowest BCUT2D eigenvalue weighted by molar-refractivity contribution is 0.630. The van der Waals surface area contributed by atoms with E-state index in [9.17, 15) is 4.39 Å². The SMILES string of the molecule is Fc1ccc2[nH]c(-c3ccccc3)c(-c3ccccc3)c2c1. The van der Waals surface area contributed by atoms with E-state index in [4.69, 9.17) is 0 Å². The van der Waals surface area contributed by atoms with E-state index in [1.807, 2.05) is 36.4 Å². The van der Waals surface area contributed by atoms with Crippen molar-refractivity contribution in [2.75, 3.05) is 0 Å². The van der Waals surface area contributed by atoms with Gasteiger partial charge >= 0.3 is 0 Å². The summed E-state index contributed by atoms with van der Waals surface area (Å²) in [4.78, 5) is 3.44. The average molecular weight is 287 g/mol. The Morgan fingerprint density at radius 1 is 0.682 bits per heavy atom. The van der Waals surface area contributed by atoms with Crippen LogP contribution in [0.3, 0.4) is 0 Å². The molecule has 0 aliphatic carbocycles. The van der Waals surface area contributed by atoms with Gasteiger partial charge in [-0.2, -0.15) is 0 Å².